The molecule has 1 aromatic rings. The number of nitrogens with one attached hydrogen (secondary N) is 1. The minimum atomic E-state index is 0.527. The van der Waals surface area contributed by atoms with Crippen molar-refractivity contribution < 1.29 is 4.74 Å². The summed E-state index contributed by atoms with van der Waals surface area (Å²) in [7, 11) is 0. The van der Waals surface area contributed by atoms with Crippen LogP contribution in [-0.2, 0) is 0 Å². The zero-order valence-electron chi connectivity index (χ0n) is 11.6. The molecular weight excluding hydrogens is 222 g/mol. The highest BCUT2D eigenvalue weighted by molar-refractivity contribution is 5.40. The number of benzene rings is 1. The number of fused-ring (bicyclic) bond motifs is 1. The largest absolute Gasteiger partial charge is 0.493 e. The Morgan fingerprint density at radius 1 is 1.28 bits per heavy atom. The normalized spacial score (nSPS) is 19.3. The molecule has 0 amide bonds. The average molecular weight is 247 g/mol. The highest BCUT2D eigenvalue weighted by Gasteiger charge is 2.30. The third-order valence-corrected chi connectivity index (χ3v) is 3.75. The van der Waals surface area contributed by atoms with Gasteiger partial charge in [0.15, 0.2) is 0 Å². The molecule has 2 heteroatoms. The fourth-order valence-corrected chi connectivity index (χ4v) is 2.72. The molecule has 0 spiro atoms. The van der Waals surface area contributed by atoms with E-state index in [1.165, 1.54) is 31.2 Å². The molecule has 0 radical (unpaired) electrons. The van der Waals surface area contributed by atoms with Crippen LogP contribution >= 0.6 is 0 Å². The predicted molar refractivity (Wildman–Crippen MR) is 76.3 cm³/mol. The fourth-order valence-electron chi connectivity index (χ4n) is 2.72. The van der Waals surface area contributed by atoms with Crippen molar-refractivity contribution in [2.24, 2.45) is 0 Å². The monoisotopic (exact) mass is 247 g/mol. The van der Waals surface area contributed by atoms with Gasteiger partial charge in [0.25, 0.3) is 0 Å². The summed E-state index contributed by atoms with van der Waals surface area (Å²) in [5.74, 6) is 1.61. The molecule has 0 saturated heterocycles. The van der Waals surface area contributed by atoms with Crippen molar-refractivity contribution in [2.45, 2.75) is 51.5 Å². The lowest BCUT2D eigenvalue weighted by atomic mass is 9.90. The molecule has 2 nitrogen and oxygen atoms in total. The van der Waals surface area contributed by atoms with Gasteiger partial charge in [0.1, 0.15) is 5.75 Å². The minimum Gasteiger partial charge on any atom is -0.493 e. The number of hydrogen-bond donors (Lipinski definition) is 1. The van der Waals surface area contributed by atoms with E-state index in [-0.39, 0.29) is 0 Å². The van der Waals surface area contributed by atoms with Crippen molar-refractivity contribution in [1.29, 1.82) is 0 Å². The third-order valence-electron chi connectivity index (χ3n) is 3.75. The molecule has 2 atom stereocenters. The van der Waals surface area contributed by atoms with Gasteiger partial charge in [0.05, 0.1) is 6.61 Å². The molecule has 100 valence electrons. The first kappa shape index (κ1) is 13.4. The van der Waals surface area contributed by atoms with E-state index in [1.54, 1.807) is 0 Å². The van der Waals surface area contributed by atoms with E-state index in [2.05, 4.69) is 43.4 Å². The van der Waals surface area contributed by atoms with Gasteiger partial charge in [-0.2, -0.15) is 0 Å². The van der Waals surface area contributed by atoms with Gasteiger partial charge < -0.3 is 10.1 Å². The summed E-state index contributed by atoms with van der Waals surface area (Å²) in [5.41, 5.74) is 1.39. The van der Waals surface area contributed by atoms with Crippen LogP contribution in [0.4, 0.5) is 0 Å². The zero-order valence-corrected chi connectivity index (χ0v) is 11.6. The Labute approximate surface area is 111 Å². The van der Waals surface area contributed by atoms with Crippen molar-refractivity contribution >= 4 is 0 Å². The van der Waals surface area contributed by atoms with Gasteiger partial charge in [-0.3, -0.25) is 0 Å². The molecule has 2 unspecified atom stereocenters. The van der Waals surface area contributed by atoms with Crippen molar-refractivity contribution in [3.63, 3.8) is 0 Å². The molecule has 0 aliphatic carbocycles. The van der Waals surface area contributed by atoms with Crippen molar-refractivity contribution in [2.75, 3.05) is 13.2 Å². The van der Waals surface area contributed by atoms with Gasteiger partial charge in [-0.15, -0.1) is 0 Å². The molecule has 0 bridgehead atoms. The molecular formula is C16H25NO. The van der Waals surface area contributed by atoms with E-state index < -0.39 is 0 Å². The lowest BCUT2D eigenvalue weighted by Gasteiger charge is -2.24. The maximum atomic E-state index is 5.81. The summed E-state index contributed by atoms with van der Waals surface area (Å²) in [6.07, 6.45) is 5.00. The van der Waals surface area contributed by atoms with Gasteiger partial charge in [0, 0.05) is 17.5 Å². The molecule has 1 aliphatic heterocycles. The summed E-state index contributed by atoms with van der Waals surface area (Å²) in [4.78, 5) is 0. The molecule has 0 fully saturated rings. The first-order valence-corrected chi connectivity index (χ1v) is 7.32. The number of rotatable bonds is 7. The quantitative estimate of drug-likeness (QED) is 0.793. The van der Waals surface area contributed by atoms with Crippen molar-refractivity contribution in [3.05, 3.63) is 29.8 Å². The van der Waals surface area contributed by atoms with E-state index >= 15 is 0 Å². The van der Waals surface area contributed by atoms with Gasteiger partial charge in [-0.1, -0.05) is 44.9 Å². The van der Waals surface area contributed by atoms with Crippen LogP contribution in [0.15, 0.2) is 24.3 Å². The summed E-state index contributed by atoms with van der Waals surface area (Å²) in [6, 6.07) is 9.05. The van der Waals surface area contributed by atoms with E-state index in [0.717, 1.165) is 18.9 Å². The van der Waals surface area contributed by atoms with Crippen LogP contribution in [0.1, 0.15) is 51.0 Å². The Morgan fingerprint density at radius 3 is 2.89 bits per heavy atom. The molecule has 1 aliphatic rings. The van der Waals surface area contributed by atoms with Crippen LogP contribution in [0.25, 0.3) is 0 Å². The second kappa shape index (κ2) is 6.79. The number of para-hydroxylation sites is 1. The highest BCUT2D eigenvalue weighted by atomic mass is 16.5. The van der Waals surface area contributed by atoms with Gasteiger partial charge in [-0.05, 0) is 25.5 Å². The maximum absolute atomic E-state index is 5.81. The van der Waals surface area contributed by atoms with Crippen LogP contribution in [0.2, 0.25) is 0 Å². The van der Waals surface area contributed by atoms with Crippen LogP contribution < -0.4 is 10.1 Å². The number of ether oxygens (including phenoxy) is 1. The lowest BCUT2D eigenvalue weighted by molar-refractivity contribution is 0.289. The number of hydrogen-bond acceptors (Lipinski definition) is 2. The van der Waals surface area contributed by atoms with E-state index in [0.29, 0.717) is 12.0 Å². The van der Waals surface area contributed by atoms with Crippen LogP contribution in [0.3, 0.4) is 0 Å². The maximum Gasteiger partial charge on any atom is 0.122 e. The van der Waals surface area contributed by atoms with E-state index in [1.807, 2.05) is 0 Å². The van der Waals surface area contributed by atoms with Crippen LogP contribution in [-0.4, -0.2) is 19.2 Å². The summed E-state index contributed by atoms with van der Waals surface area (Å²) < 4.78 is 5.81. The van der Waals surface area contributed by atoms with Crippen molar-refractivity contribution in [1.82, 2.24) is 5.32 Å². The first-order valence-electron chi connectivity index (χ1n) is 7.32. The average Bonchev–Trinajstić information content (AvgIpc) is 2.83. The summed E-state index contributed by atoms with van der Waals surface area (Å²) >= 11 is 0. The van der Waals surface area contributed by atoms with Gasteiger partial charge in [-0.25, -0.2) is 0 Å². The molecule has 2 rings (SSSR count). The predicted octanol–water partition coefficient (Wildman–Crippen LogP) is 3.72. The van der Waals surface area contributed by atoms with Crippen molar-refractivity contribution in [3.8, 4) is 5.75 Å². The Balaban J connectivity index is 2.06. The van der Waals surface area contributed by atoms with E-state index in [9.17, 15) is 0 Å². The third kappa shape index (κ3) is 3.05. The van der Waals surface area contributed by atoms with Crippen LogP contribution in [0.5, 0.6) is 5.75 Å². The number of unbranched alkanes of at least 4 members (excludes halogenated alkanes) is 1. The second-order valence-corrected chi connectivity index (χ2v) is 5.16. The topological polar surface area (TPSA) is 21.3 Å². The standard InChI is InChI=1S/C16H25NO/c1-3-5-9-15(17-11-4-2)14-12-18-16-10-7-6-8-13(14)16/h6-8,10,14-15,17H,3-5,9,11-12H2,1-2H3. The minimum absolute atomic E-state index is 0.527. The Bertz CT molecular complexity index is 356. The Hall–Kier alpha value is -1.02. The summed E-state index contributed by atoms with van der Waals surface area (Å²) in [6.45, 7) is 6.43. The lowest BCUT2D eigenvalue weighted by Crippen LogP contribution is -2.36. The van der Waals surface area contributed by atoms with Gasteiger partial charge >= 0.3 is 0 Å². The fraction of sp³-hybridized carbons (Fsp3) is 0.625. The molecule has 0 aromatic heterocycles. The Morgan fingerprint density at radius 2 is 2.11 bits per heavy atom. The highest BCUT2D eigenvalue weighted by Crippen LogP contribution is 2.36. The molecule has 18 heavy (non-hydrogen) atoms. The van der Waals surface area contributed by atoms with E-state index in [4.69, 9.17) is 4.74 Å². The molecule has 1 aromatic carbocycles. The summed E-state index contributed by atoms with van der Waals surface area (Å²) in [5, 5.41) is 3.71. The molecule has 1 heterocycles. The second-order valence-electron chi connectivity index (χ2n) is 5.16. The van der Waals surface area contributed by atoms with Gasteiger partial charge in [0.2, 0.25) is 0 Å². The SMILES string of the molecule is CCCCC(NCCC)C1COc2ccccc21. The first-order chi connectivity index (χ1) is 8.86. The zero-order chi connectivity index (χ0) is 12.8. The molecule has 1 N–H and O–H groups in total. The van der Waals surface area contributed by atoms with Crippen LogP contribution in [0, 0.1) is 0 Å². The Kier molecular flexibility index (Phi) is 5.06. The smallest absolute Gasteiger partial charge is 0.122 e. The molecule has 0 saturated carbocycles.